The molecule has 17 heavy (non-hydrogen) atoms. The van der Waals surface area contributed by atoms with E-state index in [1.165, 1.54) is 4.88 Å². The Kier molecular flexibility index (Phi) is 2.95. The van der Waals surface area contributed by atoms with E-state index in [0.717, 1.165) is 22.5 Å². The monoisotopic (exact) mass is 250 g/mol. The van der Waals surface area contributed by atoms with Gasteiger partial charge in [-0.15, -0.1) is 11.3 Å². The number of anilines is 2. The molecule has 92 valence electrons. The maximum absolute atomic E-state index is 5.74. The summed E-state index contributed by atoms with van der Waals surface area (Å²) in [6.45, 7) is 8.44. The highest BCUT2D eigenvalue weighted by Crippen LogP contribution is 2.31. The highest BCUT2D eigenvalue weighted by atomic mass is 32.1. The van der Waals surface area contributed by atoms with E-state index in [1.54, 1.807) is 11.3 Å². The molecule has 0 radical (unpaired) electrons. The number of hydrogen-bond donors (Lipinski definition) is 2. The summed E-state index contributed by atoms with van der Waals surface area (Å²) in [5.74, 6) is 1.16. The molecular weight excluding hydrogens is 232 g/mol. The number of nitrogen functional groups attached to an aromatic ring is 1. The van der Waals surface area contributed by atoms with Crippen LogP contribution in [0.5, 0.6) is 0 Å². The highest BCUT2D eigenvalue weighted by Gasteiger charge is 2.15. The SMILES string of the molecule is CCc1cc2c(NC(C)(C)C)nc(N)nc2s1. The van der Waals surface area contributed by atoms with Gasteiger partial charge in [-0.3, -0.25) is 0 Å². The van der Waals surface area contributed by atoms with Crippen LogP contribution < -0.4 is 11.1 Å². The Labute approximate surface area is 105 Å². The van der Waals surface area contributed by atoms with Crippen molar-refractivity contribution in [2.45, 2.75) is 39.7 Å². The fourth-order valence-corrected chi connectivity index (χ4v) is 2.59. The molecule has 0 unspecified atom stereocenters. The van der Waals surface area contributed by atoms with Gasteiger partial charge in [0, 0.05) is 10.4 Å². The normalized spacial score (nSPS) is 12.0. The van der Waals surface area contributed by atoms with Crippen LogP contribution in [0.25, 0.3) is 10.2 Å². The lowest BCUT2D eigenvalue weighted by molar-refractivity contribution is 0.631. The van der Waals surface area contributed by atoms with Crippen LogP contribution in [-0.4, -0.2) is 15.5 Å². The number of nitrogens with one attached hydrogen (secondary N) is 1. The summed E-state index contributed by atoms with van der Waals surface area (Å²) in [4.78, 5) is 10.8. The molecule has 0 amide bonds. The molecule has 5 heteroatoms. The first-order valence-electron chi connectivity index (χ1n) is 5.73. The van der Waals surface area contributed by atoms with Gasteiger partial charge in [0.25, 0.3) is 0 Å². The third-order valence-corrected chi connectivity index (χ3v) is 3.48. The summed E-state index contributed by atoms with van der Waals surface area (Å²) in [6, 6.07) is 2.15. The van der Waals surface area contributed by atoms with Crippen LogP contribution >= 0.6 is 11.3 Å². The molecule has 0 aromatic carbocycles. The fourth-order valence-electron chi connectivity index (χ4n) is 1.61. The van der Waals surface area contributed by atoms with Gasteiger partial charge in [-0.25, -0.2) is 4.98 Å². The molecule has 0 bridgehead atoms. The first-order valence-corrected chi connectivity index (χ1v) is 6.55. The number of aromatic nitrogens is 2. The van der Waals surface area contributed by atoms with E-state index in [-0.39, 0.29) is 5.54 Å². The number of hydrogen-bond acceptors (Lipinski definition) is 5. The molecule has 2 heterocycles. The lowest BCUT2D eigenvalue weighted by Crippen LogP contribution is -2.27. The van der Waals surface area contributed by atoms with Crippen LogP contribution in [-0.2, 0) is 6.42 Å². The molecule has 0 spiro atoms. The quantitative estimate of drug-likeness (QED) is 0.860. The molecule has 0 aliphatic rings. The van der Waals surface area contributed by atoms with Crippen LogP contribution in [0.2, 0.25) is 0 Å². The van der Waals surface area contributed by atoms with Gasteiger partial charge < -0.3 is 11.1 Å². The van der Waals surface area contributed by atoms with Crippen LogP contribution in [0.3, 0.4) is 0 Å². The van der Waals surface area contributed by atoms with Gasteiger partial charge in [0.1, 0.15) is 10.6 Å². The Morgan fingerprint density at radius 2 is 2.06 bits per heavy atom. The van der Waals surface area contributed by atoms with Gasteiger partial charge in [0.15, 0.2) is 0 Å². The first-order chi connectivity index (χ1) is 7.89. The number of rotatable bonds is 2. The van der Waals surface area contributed by atoms with E-state index in [9.17, 15) is 0 Å². The van der Waals surface area contributed by atoms with Crippen molar-refractivity contribution in [3.05, 3.63) is 10.9 Å². The Bertz CT molecular complexity index is 539. The van der Waals surface area contributed by atoms with Crippen LogP contribution in [0, 0.1) is 0 Å². The lowest BCUT2D eigenvalue weighted by Gasteiger charge is -2.21. The van der Waals surface area contributed by atoms with Crippen molar-refractivity contribution in [1.82, 2.24) is 9.97 Å². The summed E-state index contributed by atoms with van der Waals surface area (Å²) in [7, 11) is 0. The van der Waals surface area contributed by atoms with Gasteiger partial charge in [0.2, 0.25) is 5.95 Å². The predicted molar refractivity (Wildman–Crippen MR) is 74.6 cm³/mol. The maximum Gasteiger partial charge on any atom is 0.223 e. The minimum absolute atomic E-state index is 0.0396. The van der Waals surface area contributed by atoms with E-state index in [0.29, 0.717) is 5.95 Å². The van der Waals surface area contributed by atoms with Crippen molar-refractivity contribution in [3.63, 3.8) is 0 Å². The van der Waals surface area contributed by atoms with Crippen LogP contribution in [0.4, 0.5) is 11.8 Å². The molecule has 2 aromatic heterocycles. The Hall–Kier alpha value is -1.36. The molecule has 2 rings (SSSR count). The molecule has 0 aliphatic heterocycles. The minimum atomic E-state index is -0.0396. The van der Waals surface area contributed by atoms with Crippen molar-refractivity contribution < 1.29 is 0 Å². The summed E-state index contributed by atoms with van der Waals surface area (Å²) < 4.78 is 0. The van der Waals surface area contributed by atoms with Gasteiger partial charge in [-0.05, 0) is 33.3 Å². The second kappa shape index (κ2) is 4.14. The summed E-state index contributed by atoms with van der Waals surface area (Å²) in [5.41, 5.74) is 5.70. The molecule has 0 saturated carbocycles. The Morgan fingerprint density at radius 3 is 2.65 bits per heavy atom. The number of nitrogens with zero attached hydrogens (tertiary/aromatic N) is 2. The lowest BCUT2D eigenvalue weighted by atomic mass is 10.1. The second-order valence-electron chi connectivity index (χ2n) is 5.09. The van der Waals surface area contributed by atoms with Crippen molar-refractivity contribution in [2.75, 3.05) is 11.1 Å². The van der Waals surface area contributed by atoms with Gasteiger partial charge >= 0.3 is 0 Å². The standard InChI is InChI=1S/C12H18N4S/c1-5-7-6-8-9(16-12(2,3)4)14-11(13)15-10(8)17-7/h6H,5H2,1-4H3,(H3,13,14,15,16). The van der Waals surface area contributed by atoms with Gasteiger partial charge in [-0.2, -0.15) is 4.98 Å². The molecular formula is C12H18N4S. The van der Waals surface area contributed by atoms with Crippen LogP contribution in [0.1, 0.15) is 32.6 Å². The zero-order valence-corrected chi connectivity index (χ0v) is 11.5. The predicted octanol–water partition coefficient (Wildman–Crippen LogP) is 3.05. The molecule has 2 aromatic rings. The van der Waals surface area contributed by atoms with E-state index >= 15 is 0 Å². The molecule has 3 N–H and O–H groups in total. The summed E-state index contributed by atoms with van der Waals surface area (Å²) in [5, 5.41) is 4.44. The molecule has 0 fully saturated rings. The number of thiophene rings is 1. The second-order valence-corrected chi connectivity index (χ2v) is 6.21. The van der Waals surface area contributed by atoms with Crippen molar-refractivity contribution in [3.8, 4) is 0 Å². The third kappa shape index (κ3) is 2.66. The van der Waals surface area contributed by atoms with E-state index < -0.39 is 0 Å². The van der Waals surface area contributed by atoms with Crippen molar-refractivity contribution in [2.24, 2.45) is 0 Å². The van der Waals surface area contributed by atoms with Gasteiger partial charge in [-0.1, -0.05) is 6.92 Å². The largest absolute Gasteiger partial charge is 0.368 e. The zero-order chi connectivity index (χ0) is 12.6. The van der Waals surface area contributed by atoms with Gasteiger partial charge in [0.05, 0.1) is 5.39 Å². The molecule has 4 nitrogen and oxygen atoms in total. The number of fused-ring (bicyclic) bond motifs is 1. The Balaban J connectivity index is 2.56. The van der Waals surface area contributed by atoms with E-state index in [2.05, 4.69) is 49.0 Å². The smallest absolute Gasteiger partial charge is 0.223 e. The minimum Gasteiger partial charge on any atom is -0.368 e. The number of nitrogens with two attached hydrogens (primary N) is 1. The number of aryl methyl sites for hydroxylation is 1. The summed E-state index contributed by atoms with van der Waals surface area (Å²) >= 11 is 1.68. The average molecular weight is 250 g/mol. The first kappa shape index (κ1) is 12.1. The maximum atomic E-state index is 5.74. The third-order valence-electron chi connectivity index (χ3n) is 2.30. The zero-order valence-electron chi connectivity index (χ0n) is 10.7. The fraction of sp³-hybridized carbons (Fsp3) is 0.500. The molecule has 0 aliphatic carbocycles. The molecule has 0 atom stereocenters. The van der Waals surface area contributed by atoms with Crippen LogP contribution in [0.15, 0.2) is 6.07 Å². The Morgan fingerprint density at radius 1 is 1.35 bits per heavy atom. The molecule has 0 saturated heterocycles. The topological polar surface area (TPSA) is 63.8 Å². The average Bonchev–Trinajstić information content (AvgIpc) is 2.58. The summed E-state index contributed by atoms with van der Waals surface area (Å²) in [6.07, 6.45) is 1.01. The van der Waals surface area contributed by atoms with Crippen molar-refractivity contribution >= 4 is 33.3 Å². The van der Waals surface area contributed by atoms with E-state index in [1.807, 2.05) is 0 Å². The van der Waals surface area contributed by atoms with E-state index in [4.69, 9.17) is 5.73 Å². The van der Waals surface area contributed by atoms with Crippen molar-refractivity contribution in [1.29, 1.82) is 0 Å². The highest BCUT2D eigenvalue weighted by molar-refractivity contribution is 7.18.